The van der Waals surface area contributed by atoms with Crippen LogP contribution in [0.25, 0.3) is 11.0 Å². The summed E-state index contributed by atoms with van der Waals surface area (Å²) in [5.41, 5.74) is 4.63. The molecule has 28 heavy (non-hydrogen) atoms. The number of hydrogen-bond acceptors (Lipinski definition) is 3. The van der Waals surface area contributed by atoms with Crippen LogP contribution in [0, 0.1) is 6.92 Å². The van der Waals surface area contributed by atoms with E-state index in [0.717, 1.165) is 35.8 Å². The molecule has 0 spiro atoms. The summed E-state index contributed by atoms with van der Waals surface area (Å²) in [6, 6.07) is 16.7. The van der Waals surface area contributed by atoms with E-state index in [1.54, 1.807) is 7.05 Å². The van der Waals surface area contributed by atoms with E-state index in [2.05, 4.69) is 71.9 Å². The molecule has 0 fully saturated rings. The highest BCUT2D eigenvalue weighted by atomic mass is 127. The smallest absolute Gasteiger partial charge is 0.191 e. The first kappa shape index (κ1) is 22.2. The maximum atomic E-state index is 5.96. The molecule has 0 saturated carbocycles. The molecule has 2 aromatic carbocycles. The van der Waals surface area contributed by atoms with Crippen LogP contribution in [-0.4, -0.2) is 32.0 Å². The van der Waals surface area contributed by atoms with Crippen LogP contribution in [0.1, 0.15) is 22.5 Å². The van der Waals surface area contributed by atoms with Gasteiger partial charge in [0.15, 0.2) is 5.96 Å². The van der Waals surface area contributed by atoms with Gasteiger partial charge in [-0.1, -0.05) is 42.5 Å². The number of fused-ring (bicyclic) bond motifs is 1. The molecule has 0 aliphatic heterocycles. The van der Waals surface area contributed by atoms with Crippen molar-refractivity contribution in [3.05, 3.63) is 71.0 Å². The highest BCUT2D eigenvalue weighted by Gasteiger charge is 2.10. The Labute approximate surface area is 184 Å². The van der Waals surface area contributed by atoms with E-state index in [4.69, 9.17) is 4.42 Å². The van der Waals surface area contributed by atoms with Gasteiger partial charge < -0.3 is 20.0 Å². The molecule has 0 aliphatic rings. The van der Waals surface area contributed by atoms with Crippen molar-refractivity contribution in [1.29, 1.82) is 0 Å². The number of furan rings is 1. The van der Waals surface area contributed by atoms with Crippen molar-refractivity contribution < 1.29 is 4.42 Å². The zero-order valence-electron chi connectivity index (χ0n) is 17.0. The average molecular weight is 492 g/mol. The standard InChI is InChI=1S/C22H28N4O.HI/c1-16-19-10-5-6-11-20(19)27-21(16)14-25-22(23-2)24-13-17-8-7-9-18(12-17)15-26(3)4;/h5-12H,13-15H2,1-4H3,(H2,23,24,25);1H. The van der Waals surface area contributed by atoms with Gasteiger partial charge in [0.2, 0.25) is 0 Å². The van der Waals surface area contributed by atoms with E-state index in [1.165, 1.54) is 16.7 Å². The molecule has 0 unspecified atom stereocenters. The summed E-state index contributed by atoms with van der Waals surface area (Å²) in [6.45, 7) is 4.35. The molecule has 3 aromatic rings. The summed E-state index contributed by atoms with van der Waals surface area (Å²) < 4.78 is 5.96. The van der Waals surface area contributed by atoms with Gasteiger partial charge in [-0.15, -0.1) is 24.0 Å². The molecule has 0 atom stereocenters. The van der Waals surface area contributed by atoms with Crippen LogP contribution in [0.2, 0.25) is 0 Å². The molecule has 0 amide bonds. The van der Waals surface area contributed by atoms with E-state index >= 15 is 0 Å². The molecule has 0 saturated heterocycles. The minimum absolute atomic E-state index is 0. The number of nitrogens with one attached hydrogen (secondary N) is 2. The number of guanidine groups is 1. The summed E-state index contributed by atoms with van der Waals surface area (Å²) in [7, 11) is 5.94. The van der Waals surface area contributed by atoms with Crippen molar-refractivity contribution >= 4 is 40.9 Å². The molecule has 2 N–H and O–H groups in total. The monoisotopic (exact) mass is 492 g/mol. The van der Waals surface area contributed by atoms with Crippen LogP contribution in [0.3, 0.4) is 0 Å². The van der Waals surface area contributed by atoms with Gasteiger partial charge in [0.25, 0.3) is 0 Å². The largest absolute Gasteiger partial charge is 0.459 e. The quantitative estimate of drug-likeness (QED) is 0.307. The minimum Gasteiger partial charge on any atom is -0.459 e. The first-order chi connectivity index (χ1) is 13.1. The molecule has 0 aliphatic carbocycles. The van der Waals surface area contributed by atoms with Crippen LogP contribution >= 0.6 is 24.0 Å². The van der Waals surface area contributed by atoms with Gasteiger partial charge in [0.05, 0.1) is 6.54 Å². The van der Waals surface area contributed by atoms with Gasteiger partial charge in [-0.05, 0) is 38.2 Å². The summed E-state index contributed by atoms with van der Waals surface area (Å²) in [4.78, 5) is 6.49. The van der Waals surface area contributed by atoms with Gasteiger partial charge in [-0.3, -0.25) is 4.99 Å². The average Bonchev–Trinajstić information content (AvgIpc) is 2.98. The lowest BCUT2D eigenvalue weighted by atomic mass is 10.1. The first-order valence-corrected chi connectivity index (χ1v) is 9.21. The van der Waals surface area contributed by atoms with Gasteiger partial charge in [-0.25, -0.2) is 0 Å². The topological polar surface area (TPSA) is 52.8 Å². The lowest BCUT2D eigenvalue weighted by Crippen LogP contribution is -2.36. The summed E-state index contributed by atoms with van der Waals surface area (Å²) in [6.07, 6.45) is 0. The van der Waals surface area contributed by atoms with Crippen molar-refractivity contribution in [2.45, 2.75) is 26.6 Å². The van der Waals surface area contributed by atoms with E-state index < -0.39 is 0 Å². The highest BCUT2D eigenvalue weighted by Crippen LogP contribution is 2.24. The predicted octanol–water partition coefficient (Wildman–Crippen LogP) is 4.29. The van der Waals surface area contributed by atoms with Crippen LogP contribution in [0.4, 0.5) is 0 Å². The van der Waals surface area contributed by atoms with Gasteiger partial charge in [0, 0.05) is 31.1 Å². The van der Waals surface area contributed by atoms with E-state index in [9.17, 15) is 0 Å². The third-order valence-electron chi connectivity index (χ3n) is 4.53. The lowest BCUT2D eigenvalue weighted by Gasteiger charge is -2.13. The van der Waals surface area contributed by atoms with Crippen molar-refractivity contribution in [3.63, 3.8) is 0 Å². The number of nitrogens with zero attached hydrogens (tertiary/aromatic N) is 2. The van der Waals surface area contributed by atoms with Crippen LogP contribution in [0.5, 0.6) is 0 Å². The second-order valence-corrected chi connectivity index (χ2v) is 6.98. The molecule has 0 radical (unpaired) electrons. The molecular weight excluding hydrogens is 463 g/mol. The molecule has 1 heterocycles. The van der Waals surface area contributed by atoms with Gasteiger partial charge in [0.1, 0.15) is 11.3 Å². The lowest BCUT2D eigenvalue weighted by molar-refractivity contribution is 0.402. The fourth-order valence-corrected chi connectivity index (χ4v) is 3.17. The van der Waals surface area contributed by atoms with E-state index in [0.29, 0.717) is 6.54 Å². The maximum absolute atomic E-state index is 5.96. The zero-order valence-corrected chi connectivity index (χ0v) is 19.3. The van der Waals surface area contributed by atoms with Crippen LogP contribution < -0.4 is 10.6 Å². The number of benzene rings is 2. The van der Waals surface area contributed by atoms with Gasteiger partial charge in [-0.2, -0.15) is 0 Å². The minimum atomic E-state index is 0. The van der Waals surface area contributed by atoms with Crippen molar-refractivity contribution in [2.75, 3.05) is 21.1 Å². The fourth-order valence-electron chi connectivity index (χ4n) is 3.17. The number of aliphatic imine (C=N–C) groups is 1. The molecule has 5 nitrogen and oxygen atoms in total. The third kappa shape index (κ3) is 5.72. The SMILES string of the molecule is CN=C(NCc1cccc(CN(C)C)c1)NCc1oc2ccccc2c1C.I. The number of rotatable bonds is 6. The summed E-state index contributed by atoms with van der Waals surface area (Å²) in [5, 5.41) is 7.88. The van der Waals surface area contributed by atoms with Crippen LogP contribution in [0.15, 0.2) is 57.9 Å². The third-order valence-corrected chi connectivity index (χ3v) is 4.53. The Morgan fingerprint density at radius 2 is 1.71 bits per heavy atom. The van der Waals surface area contributed by atoms with Crippen molar-refractivity contribution in [3.8, 4) is 0 Å². The fraction of sp³-hybridized carbons (Fsp3) is 0.318. The molecular formula is C22H29IN4O. The Morgan fingerprint density at radius 3 is 2.43 bits per heavy atom. The first-order valence-electron chi connectivity index (χ1n) is 9.21. The second-order valence-electron chi connectivity index (χ2n) is 6.98. The second kappa shape index (κ2) is 10.5. The number of hydrogen-bond donors (Lipinski definition) is 2. The number of halogens is 1. The summed E-state index contributed by atoms with van der Waals surface area (Å²) >= 11 is 0. The van der Waals surface area contributed by atoms with E-state index in [1.807, 2.05) is 18.2 Å². The Balaban J connectivity index is 0.00000280. The Hall–Kier alpha value is -2.06. The Morgan fingerprint density at radius 1 is 1.00 bits per heavy atom. The normalized spacial score (nSPS) is 11.5. The van der Waals surface area contributed by atoms with Gasteiger partial charge >= 0.3 is 0 Å². The highest BCUT2D eigenvalue weighted by molar-refractivity contribution is 14.0. The molecule has 0 bridgehead atoms. The van der Waals surface area contributed by atoms with E-state index in [-0.39, 0.29) is 24.0 Å². The van der Waals surface area contributed by atoms with Crippen molar-refractivity contribution in [1.82, 2.24) is 15.5 Å². The molecule has 3 rings (SSSR count). The Kier molecular flexibility index (Phi) is 8.32. The molecule has 150 valence electrons. The number of para-hydroxylation sites is 1. The molecule has 6 heteroatoms. The van der Waals surface area contributed by atoms with Crippen LogP contribution in [-0.2, 0) is 19.6 Å². The summed E-state index contributed by atoms with van der Waals surface area (Å²) in [5.74, 6) is 1.69. The molecule has 1 aromatic heterocycles. The maximum Gasteiger partial charge on any atom is 0.191 e. The van der Waals surface area contributed by atoms with Crippen molar-refractivity contribution in [2.24, 2.45) is 4.99 Å². The Bertz CT molecular complexity index is 933. The predicted molar refractivity (Wildman–Crippen MR) is 127 cm³/mol. The number of aryl methyl sites for hydroxylation is 1. The zero-order chi connectivity index (χ0) is 19.2.